The lowest BCUT2D eigenvalue weighted by atomic mass is 10.1. The molecule has 0 amide bonds. The third kappa shape index (κ3) is 4.25. The summed E-state index contributed by atoms with van der Waals surface area (Å²) in [5.74, 6) is 0. The first-order valence-corrected chi connectivity index (χ1v) is 6.49. The standard InChI is InChI=1S/C8H13F3N2O3S/c9-8(10,11)6-12-17(15,16)13-4-2-1-3-7(13)5-14/h5,7,12H,1-4,6H2. The van der Waals surface area contributed by atoms with Gasteiger partial charge in [0.05, 0.1) is 6.04 Å². The van der Waals surface area contributed by atoms with E-state index in [2.05, 4.69) is 0 Å². The summed E-state index contributed by atoms with van der Waals surface area (Å²) in [6.07, 6.45) is -2.59. The van der Waals surface area contributed by atoms with Crippen molar-refractivity contribution in [2.45, 2.75) is 31.5 Å². The maximum atomic E-state index is 11.9. The normalized spacial score (nSPS) is 23.6. The van der Waals surface area contributed by atoms with Gasteiger partial charge in [-0.3, -0.25) is 0 Å². The lowest BCUT2D eigenvalue weighted by Gasteiger charge is -2.31. The van der Waals surface area contributed by atoms with Crippen LogP contribution in [0.3, 0.4) is 0 Å². The van der Waals surface area contributed by atoms with E-state index in [0.29, 0.717) is 25.5 Å². The number of hydrogen-bond acceptors (Lipinski definition) is 3. The van der Waals surface area contributed by atoms with Gasteiger partial charge in [0.1, 0.15) is 12.8 Å². The molecular formula is C8H13F3N2O3S. The van der Waals surface area contributed by atoms with E-state index in [4.69, 9.17) is 0 Å². The van der Waals surface area contributed by atoms with Crippen LogP contribution in [0.2, 0.25) is 0 Å². The molecule has 0 aromatic carbocycles. The highest BCUT2D eigenvalue weighted by Crippen LogP contribution is 2.19. The van der Waals surface area contributed by atoms with Crippen molar-refractivity contribution in [2.24, 2.45) is 0 Å². The quantitative estimate of drug-likeness (QED) is 0.756. The van der Waals surface area contributed by atoms with E-state index in [-0.39, 0.29) is 6.54 Å². The Hall–Kier alpha value is -0.670. The van der Waals surface area contributed by atoms with Gasteiger partial charge in [-0.2, -0.15) is 30.6 Å². The largest absolute Gasteiger partial charge is 0.402 e. The highest BCUT2D eigenvalue weighted by atomic mass is 32.2. The zero-order chi connectivity index (χ0) is 13.1. The number of piperidine rings is 1. The van der Waals surface area contributed by atoms with Crippen LogP contribution in [0, 0.1) is 0 Å². The molecule has 0 aromatic heterocycles. The Balaban J connectivity index is 2.71. The van der Waals surface area contributed by atoms with Crippen molar-refractivity contribution in [3.63, 3.8) is 0 Å². The molecule has 1 aliphatic heterocycles. The fourth-order valence-corrected chi connectivity index (χ4v) is 3.01. The molecule has 9 heteroatoms. The van der Waals surface area contributed by atoms with Crippen molar-refractivity contribution >= 4 is 16.5 Å². The Morgan fingerprint density at radius 3 is 2.53 bits per heavy atom. The molecule has 1 fully saturated rings. The molecule has 1 rings (SSSR count). The van der Waals surface area contributed by atoms with Crippen molar-refractivity contribution in [1.82, 2.24) is 9.03 Å². The molecule has 0 aliphatic carbocycles. The predicted molar refractivity (Wildman–Crippen MR) is 53.4 cm³/mol. The number of alkyl halides is 3. The second-order valence-corrected chi connectivity index (χ2v) is 5.46. The molecule has 1 aliphatic rings. The van der Waals surface area contributed by atoms with Crippen LogP contribution in [0.15, 0.2) is 0 Å². The molecule has 1 saturated heterocycles. The van der Waals surface area contributed by atoms with Crippen LogP contribution in [0.4, 0.5) is 13.2 Å². The molecule has 0 bridgehead atoms. The summed E-state index contributed by atoms with van der Waals surface area (Å²) >= 11 is 0. The SMILES string of the molecule is O=CC1CCCCN1S(=O)(=O)NCC(F)(F)F. The van der Waals surface area contributed by atoms with E-state index in [1.165, 1.54) is 4.72 Å². The lowest BCUT2D eigenvalue weighted by Crippen LogP contribution is -2.51. The lowest BCUT2D eigenvalue weighted by molar-refractivity contribution is -0.121. The van der Waals surface area contributed by atoms with Crippen LogP contribution in [-0.4, -0.2) is 44.3 Å². The van der Waals surface area contributed by atoms with Crippen LogP contribution in [0.1, 0.15) is 19.3 Å². The van der Waals surface area contributed by atoms with Crippen molar-refractivity contribution in [3.8, 4) is 0 Å². The number of carbonyl (C=O) groups excluding carboxylic acids is 1. The molecule has 0 spiro atoms. The number of carbonyl (C=O) groups is 1. The molecule has 100 valence electrons. The smallest absolute Gasteiger partial charge is 0.302 e. The molecule has 1 heterocycles. The fourth-order valence-electron chi connectivity index (χ4n) is 1.62. The number of rotatable bonds is 4. The second-order valence-electron chi connectivity index (χ2n) is 3.75. The van der Waals surface area contributed by atoms with Gasteiger partial charge in [-0.1, -0.05) is 6.42 Å². The minimum Gasteiger partial charge on any atom is -0.302 e. The monoisotopic (exact) mass is 274 g/mol. The maximum Gasteiger partial charge on any atom is 0.402 e. The van der Waals surface area contributed by atoms with E-state index < -0.39 is 29.0 Å². The van der Waals surface area contributed by atoms with E-state index in [1.54, 1.807) is 0 Å². The average molecular weight is 274 g/mol. The van der Waals surface area contributed by atoms with E-state index in [0.717, 1.165) is 4.31 Å². The zero-order valence-corrected chi connectivity index (χ0v) is 9.72. The Bertz CT molecular complexity index is 369. The number of nitrogens with zero attached hydrogens (tertiary/aromatic N) is 1. The molecule has 0 radical (unpaired) electrons. The highest BCUT2D eigenvalue weighted by Gasteiger charge is 2.35. The predicted octanol–water partition coefficient (Wildman–Crippen LogP) is 0.437. The van der Waals surface area contributed by atoms with Gasteiger partial charge in [0.15, 0.2) is 0 Å². The Labute approximate surface area is 97.2 Å². The van der Waals surface area contributed by atoms with Crippen molar-refractivity contribution in [1.29, 1.82) is 0 Å². The third-order valence-electron chi connectivity index (χ3n) is 2.42. The first-order chi connectivity index (χ1) is 7.76. The van der Waals surface area contributed by atoms with Gasteiger partial charge in [0.25, 0.3) is 10.2 Å². The molecule has 0 aromatic rings. The first kappa shape index (κ1) is 14.4. The van der Waals surface area contributed by atoms with Crippen LogP contribution in [0.25, 0.3) is 0 Å². The van der Waals surface area contributed by atoms with Gasteiger partial charge < -0.3 is 4.79 Å². The van der Waals surface area contributed by atoms with Gasteiger partial charge in [-0.25, -0.2) is 0 Å². The van der Waals surface area contributed by atoms with Crippen LogP contribution in [-0.2, 0) is 15.0 Å². The van der Waals surface area contributed by atoms with Crippen LogP contribution >= 0.6 is 0 Å². The number of nitrogens with one attached hydrogen (secondary N) is 1. The minimum absolute atomic E-state index is 0.0661. The summed E-state index contributed by atoms with van der Waals surface area (Å²) in [5.41, 5.74) is 0. The Morgan fingerprint density at radius 2 is 2.00 bits per heavy atom. The van der Waals surface area contributed by atoms with E-state index in [1.807, 2.05) is 0 Å². The Morgan fingerprint density at radius 1 is 1.35 bits per heavy atom. The van der Waals surface area contributed by atoms with Gasteiger partial charge in [0, 0.05) is 6.54 Å². The molecule has 1 N–H and O–H groups in total. The molecule has 5 nitrogen and oxygen atoms in total. The average Bonchev–Trinajstić information content (AvgIpc) is 2.26. The van der Waals surface area contributed by atoms with E-state index in [9.17, 15) is 26.4 Å². The summed E-state index contributed by atoms with van der Waals surface area (Å²) < 4.78 is 61.1. The van der Waals surface area contributed by atoms with E-state index >= 15 is 0 Å². The third-order valence-corrected chi connectivity index (χ3v) is 4.00. The van der Waals surface area contributed by atoms with Crippen molar-refractivity contribution in [2.75, 3.05) is 13.1 Å². The molecular weight excluding hydrogens is 261 g/mol. The van der Waals surface area contributed by atoms with Gasteiger partial charge >= 0.3 is 6.18 Å². The fraction of sp³-hybridized carbons (Fsp3) is 0.875. The minimum atomic E-state index is -4.61. The van der Waals surface area contributed by atoms with Crippen LogP contribution < -0.4 is 4.72 Å². The second kappa shape index (κ2) is 5.32. The molecule has 0 saturated carbocycles. The molecule has 17 heavy (non-hydrogen) atoms. The Kier molecular flexibility index (Phi) is 4.50. The topological polar surface area (TPSA) is 66.5 Å². The van der Waals surface area contributed by atoms with Gasteiger partial charge in [0.2, 0.25) is 0 Å². The summed E-state index contributed by atoms with van der Waals surface area (Å²) in [4.78, 5) is 10.7. The first-order valence-electron chi connectivity index (χ1n) is 5.05. The number of halogens is 3. The number of hydrogen-bond donors (Lipinski definition) is 1. The molecule has 1 unspecified atom stereocenters. The summed E-state index contributed by atoms with van der Waals surface area (Å²) in [5, 5.41) is 0. The summed E-state index contributed by atoms with van der Waals surface area (Å²) in [6, 6.07) is -0.866. The summed E-state index contributed by atoms with van der Waals surface area (Å²) in [7, 11) is -4.25. The highest BCUT2D eigenvalue weighted by molar-refractivity contribution is 7.87. The van der Waals surface area contributed by atoms with Crippen LogP contribution in [0.5, 0.6) is 0 Å². The maximum absolute atomic E-state index is 11.9. The van der Waals surface area contributed by atoms with Gasteiger partial charge in [-0.15, -0.1) is 0 Å². The molecule has 1 atom stereocenters. The zero-order valence-electron chi connectivity index (χ0n) is 8.90. The summed E-state index contributed by atoms with van der Waals surface area (Å²) in [6.45, 7) is -1.56. The number of aldehydes is 1. The van der Waals surface area contributed by atoms with Gasteiger partial charge in [-0.05, 0) is 12.8 Å². The van der Waals surface area contributed by atoms with Crippen molar-refractivity contribution < 1.29 is 26.4 Å². The van der Waals surface area contributed by atoms with Crippen molar-refractivity contribution in [3.05, 3.63) is 0 Å².